The summed E-state index contributed by atoms with van der Waals surface area (Å²) in [5.74, 6) is 0.231. The average molecular weight is 393 g/mol. The average Bonchev–Trinajstić information content (AvgIpc) is 3.07. The Morgan fingerprint density at radius 2 is 1.72 bits per heavy atom. The van der Waals surface area contributed by atoms with Gasteiger partial charge in [-0.25, -0.2) is 0 Å². The topological polar surface area (TPSA) is 78.5 Å². The maximum Gasteiger partial charge on any atom is 0.255 e. The smallest absolute Gasteiger partial charge is 0.255 e. The molecule has 2 aromatic carbocycles. The number of carbonyl (C=O) groups is 3. The third-order valence-electron chi connectivity index (χ3n) is 4.75. The molecule has 0 atom stereocenters. The van der Waals surface area contributed by atoms with Crippen LogP contribution < -0.4 is 10.6 Å². The summed E-state index contributed by atoms with van der Waals surface area (Å²) >= 11 is 0. The summed E-state index contributed by atoms with van der Waals surface area (Å²) in [6, 6.07) is 14.4. The van der Waals surface area contributed by atoms with Crippen molar-refractivity contribution in [3.63, 3.8) is 0 Å². The van der Waals surface area contributed by atoms with E-state index in [4.69, 9.17) is 0 Å². The highest BCUT2D eigenvalue weighted by molar-refractivity contribution is 6.04. The minimum absolute atomic E-state index is 0.0231. The van der Waals surface area contributed by atoms with Crippen LogP contribution in [0.4, 0.5) is 11.4 Å². The number of benzene rings is 2. The summed E-state index contributed by atoms with van der Waals surface area (Å²) in [6.07, 6.45) is 1.97. The van der Waals surface area contributed by atoms with Crippen molar-refractivity contribution >= 4 is 29.1 Å². The Morgan fingerprint density at radius 3 is 2.34 bits per heavy atom. The molecule has 0 radical (unpaired) electrons. The molecule has 1 aliphatic heterocycles. The SMILES string of the molecule is CC(C)CC(=O)Nc1ccc(NC(=O)c2cccc(CN3CCCC3=O)c2)cc1. The molecule has 0 spiro atoms. The predicted octanol–water partition coefficient (Wildman–Crippen LogP) is 4.05. The first-order valence-corrected chi connectivity index (χ1v) is 9.98. The van der Waals surface area contributed by atoms with E-state index in [0.717, 1.165) is 18.5 Å². The monoisotopic (exact) mass is 393 g/mol. The molecule has 29 heavy (non-hydrogen) atoms. The van der Waals surface area contributed by atoms with Crippen LogP contribution in [0, 0.1) is 5.92 Å². The minimum Gasteiger partial charge on any atom is -0.338 e. The van der Waals surface area contributed by atoms with Crippen LogP contribution in [0.2, 0.25) is 0 Å². The summed E-state index contributed by atoms with van der Waals surface area (Å²) < 4.78 is 0. The fraction of sp³-hybridized carbons (Fsp3) is 0.348. The van der Waals surface area contributed by atoms with Crippen molar-refractivity contribution in [2.24, 2.45) is 5.92 Å². The van der Waals surface area contributed by atoms with Crippen molar-refractivity contribution < 1.29 is 14.4 Å². The summed E-state index contributed by atoms with van der Waals surface area (Å²) in [7, 11) is 0. The number of nitrogens with zero attached hydrogens (tertiary/aromatic N) is 1. The van der Waals surface area contributed by atoms with E-state index in [9.17, 15) is 14.4 Å². The van der Waals surface area contributed by atoms with Gasteiger partial charge in [0.15, 0.2) is 0 Å². The lowest BCUT2D eigenvalue weighted by molar-refractivity contribution is -0.128. The van der Waals surface area contributed by atoms with E-state index in [2.05, 4.69) is 10.6 Å². The molecule has 1 saturated heterocycles. The van der Waals surface area contributed by atoms with Crippen molar-refractivity contribution in [2.45, 2.75) is 39.7 Å². The van der Waals surface area contributed by atoms with Gasteiger partial charge in [0.1, 0.15) is 0 Å². The molecule has 1 aliphatic rings. The largest absolute Gasteiger partial charge is 0.338 e. The van der Waals surface area contributed by atoms with Crippen LogP contribution in [-0.2, 0) is 16.1 Å². The highest BCUT2D eigenvalue weighted by Crippen LogP contribution is 2.18. The Kier molecular flexibility index (Phi) is 6.65. The van der Waals surface area contributed by atoms with Crippen LogP contribution in [0.1, 0.15) is 49.0 Å². The van der Waals surface area contributed by atoms with E-state index in [0.29, 0.717) is 42.2 Å². The normalized spacial score (nSPS) is 13.6. The third kappa shape index (κ3) is 5.91. The third-order valence-corrected chi connectivity index (χ3v) is 4.75. The van der Waals surface area contributed by atoms with E-state index in [1.165, 1.54) is 0 Å². The van der Waals surface area contributed by atoms with Crippen molar-refractivity contribution in [3.8, 4) is 0 Å². The molecule has 152 valence electrons. The molecule has 3 rings (SSSR count). The van der Waals surface area contributed by atoms with Crippen molar-refractivity contribution in [1.29, 1.82) is 0 Å². The van der Waals surface area contributed by atoms with E-state index >= 15 is 0 Å². The summed E-state index contributed by atoms with van der Waals surface area (Å²) in [5.41, 5.74) is 2.84. The van der Waals surface area contributed by atoms with E-state index in [1.54, 1.807) is 30.3 Å². The standard InChI is InChI=1S/C23H27N3O3/c1-16(2)13-21(27)24-19-8-10-20(11-9-19)25-23(29)18-6-3-5-17(14-18)15-26-12-4-7-22(26)28/h3,5-6,8-11,14,16H,4,7,12-13,15H2,1-2H3,(H,24,27)(H,25,29). The first kappa shape index (κ1) is 20.6. The molecule has 6 nitrogen and oxygen atoms in total. The molecule has 0 saturated carbocycles. The number of amides is 3. The van der Waals surface area contributed by atoms with Gasteiger partial charge in [0.2, 0.25) is 11.8 Å². The molecule has 2 aromatic rings. The van der Waals surface area contributed by atoms with Crippen LogP contribution in [0.5, 0.6) is 0 Å². The van der Waals surface area contributed by atoms with Crippen molar-refractivity contribution in [2.75, 3.05) is 17.2 Å². The number of hydrogen-bond donors (Lipinski definition) is 2. The second kappa shape index (κ2) is 9.37. The molecule has 3 amide bonds. The van der Waals surface area contributed by atoms with Gasteiger partial charge < -0.3 is 15.5 Å². The maximum absolute atomic E-state index is 12.6. The molecule has 6 heteroatoms. The van der Waals surface area contributed by atoms with Crippen LogP contribution in [-0.4, -0.2) is 29.2 Å². The number of anilines is 2. The molecule has 0 bridgehead atoms. The maximum atomic E-state index is 12.6. The number of rotatable bonds is 7. The second-order valence-corrected chi connectivity index (χ2v) is 7.80. The van der Waals surface area contributed by atoms with Gasteiger partial charge in [0.05, 0.1) is 0 Å². The first-order chi connectivity index (χ1) is 13.9. The van der Waals surface area contributed by atoms with Gasteiger partial charge in [-0.1, -0.05) is 26.0 Å². The van der Waals surface area contributed by atoms with Gasteiger partial charge in [-0.2, -0.15) is 0 Å². The van der Waals surface area contributed by atoms with Gasteiger partial charge in [0.25, 0.3) is 5.91 Å². The molecule has 1 fully saturated rings. The van der Waals surface area contributed by atoms with Crippen LogP contribution in [0.3, 0.4) is 0 Å². The number of likely N-dealkylation sites (tertiary alicyclic amines) is 1. The van der Waals surface area contributed by atoms with Gasteiger partial charge in [-0.3, -0.25) is 14.4 Å². The molecule has 0 aliphatic carbocycles. The highest BCUT2D eigenvalue weighted by Gasteiger charge is 2.20. The molecule has 0 unspecified atom stereocenters. The van der Waals surface area contributed by atoms with Crippen LogP contribution in [0.15, 0.2) is 48.5 Å². The zero-order valence-electron chi connectivity index (χ0n) is 16.9. The van der Waals surface area contributed by atoms with Crippen LogP contribution >= 0.6 is 0 Å². The van der Waals surface area contributed by atoms with E-state index < -0.39 is 0 Å². The molecular formula is C23H27N3O3. The second-order valence-electron chi connectivity index (χ2n) is 7.80. The molecule has 2 N–H and O–H groups in total. The summed E-state index contributed by atoms with van der Waals surface area (Å²) in [5, 5.41) is 5.72. The fourth-order valence-electron chi connectivity index (χ4n) is 3.33. The van der Waals surface area contributed by atoms with Gasteiger partial charge >= 0.3 is 0 Å². The van der Waals surface area contributed by atoms with Crippen LogP contribution in [0.25, 0.3) is 0 Å². The Hall–Kier alpha value is -3.15. The van der Waals surface area contributed by atoms with Crippen molar-refractivity contribution in [3.05, 3.63) is 59.7 Å². The van der Waals surface area contributed by atoms with E-state index in [-0.39, 0.29) is 17.7 Å². The van der Waals surface area contributed by atoms with Gasteiger partial charge in [-0.15, -0.1) is 0 Å². The Bertz CT molecular complexity index is 890. The lowest BCUT2D eigenvalue weighted by atomic mass is 10.1. The Balaban J connectivity index is 1.59. The Morgan fingerprint density at radius 1 is 1.03 bits per heavy atom. The Labute approximate surface area is 171 Å². The minimum atomic E-state index is -0.212. The zero-order valence-corrected chi connectivity index (χ0v) is 16.9. The quantitative estimate of drug-likeness (QED) is 0.745. The summed E-state index contributed by atoms with van der Waals surface area (Å²) in [4.78, 5) is 38.1. The lowest BCUT2D eigenvalue weighted by Crippen LogP contribution is -2.24. The summed E-state index contributed by atoms with van der Waals surface area (Å²) in [6.45, 7) is 5.30. The zero-order chi connectivity index (χ0) is 20.8. The fourth-order valence-corrected chi connectivity index (χ4v) is 3.33. The molecule has 1 heterocycles. The number of nitrogens with one attached hydrogen (secondary N) is 2. The molecular weight excluding hydrogens is 366 g/mol. The number of carbonyl (C=O) groups excluding carboxylic acids is 3. The lowest BCUT2D eigenvalue weighted by Gasteiger charge is -2.16. The number of hydrogen-bond acceptors (Lipinski definition) is 3. The van der Waals surface area contributed by atoms with Gasteiger partial charge in [-0.05, 0) is 54.3 Å². The highest BCUT2D eigenvalue weighted by atomic mass is 16.2. The van der Waals surface area contributed by atoms with Gasteiger partial charge in [0, 0.05) is 42.9 Å². The van der Waals surface area contributed by atoms with E-state index in [1.807, 2.05) is 36.9 Å². The first-order valence-electron chi connectivity index (χ1n) is 9.98. The van der Waals surface area contributed by atoms with Crippen molar-refractivity contribution in [1.82, 2.24) is 4.90 Å². The predicted molar refractivity (Wildman–Crippen MR) is 114 cm³/mol. The molecule has 0 aromatic heterocycles.